The molecule has 0 saturated heterocycles. The number of alkyl carbamates (subject to hydrolysis) is 1. The third kappa shape index (κ3) is 33.4. The van der Waals surface area contributed by atoms with E-state index in [4.69, 9.17) is 24.7 Å². The zero-order valence-electron chi connectivity index (χ0n) is 71.3. The molecule has 5 atom stereocenters. The first-order valence-electron chi connectivity index (χ1n) is 40.3. The van der Waals surface area contributed by atoms with Crippen molar-refractivity contribution in [3.8, 4) is 11.5 Å². The maximum atomic E-state index is 14.0. The number of imidazole rings is 2. The molecule has 0 bridgehead atoms. The van der Waals surface area contributed by atoms with Crippen LogP contribution in [0.3, 0.4) is 0 Å². The third-order valence-electron chi connectivity index (χ3n) is 18.7. The van der Waals surface area contributed by atoms with E-state index in [1.807, 2.05) is 0 Å². The number of fused-ring (bicyclic) bond motifs is 2. The van der Waals surface area contributed by atoms with Gasteiger partial charge in [-0.25, -0.2) is 42.1 Å². The quantitative estimate of drug-likeness (QED) is 0.0113. The Balaban J connectivity index is 0.728. The Labute approximate surface area is 748 Å². The van der Waals surface area contributed by atoms with Crippen LogP contribution in [0.1, 0.15) is 115 Å². The van der Waals surface area contributed by atoms with Crippen molar-refractivity contribution in [3.63, 3.8) is 0 Å². The molecular formula is C78H105N21O26S4. The first kappa shape index (κ1) is 102. The minimum absolute atomic E-state index is 0.0118. The summed E-state index contributed by atoms with van der Waals surface area (Å²) in [6.45, 7) is 11.1. The molecule has 0 spiro atoms. The number of amides is 9. The van der Waals surface area contributed by atoms with E-state index in [0.717, 1.165) is 17.5 Å². The van der Waals surface area contributed by atoms with E-state index in [1.54, 1.807) is 82.9 Å². The second-order valence-electron chi connectivity index (χ2n) is 29.9. The van der Waals surface area contributed by atoms with Gasteiger partial charge >= 0.3 is 18.0 Å². The van der Waals surface area contributed by atoms with Crippen LogP contribution < -0.4 is 77.4 Å². The molecule has 8 rings (SSSR count). The second kappa shape index (κ2) is 50.4. The standard InChI is InChI=1S/C78H105N21O26S4/c1-46-34-54(35-47(2)66(46)128(115,116)96-57(73(108)109)42-89-68(103)50-14-17-61-52(38-50)40-91-98(61)30-10-20-83-75-85-26-27-86-75)119-32-8-12-63(100)79-22-24-81-70(105)59(44-126-124-122-113)93-65(102)19-16-56(95-77(112)121-78(5,6)7)72(107)94-60(45-127-125-123-114)71(106)82-25-23-80-64(101)13-9-33-120-55-36-48(3)67(49(4)37-55)129(117,118)97-58(74(110)111)43-90-69(104)51-15-18-62-53(39-51)41-92-99(62)31-11-21-84-76-87-28-29-88-76/h14-15,17-18,26-29,34-41,56-60,96-97,113-114H,8-13,16,19-25,30-33,42-45H2,1-7H3,(H,79,100)(H,80,101)(H,81,105)(H,82,106)(H,89,103)(H,90,104)(H,93,102)(H,94,107)(H,95,112)(H,108,109)(H,110,111)(H2,83,85,86)(H2,84,87,88)/t56-,57-,58-,59-,60-/m0/s1. The number of H-pyrrole nitrogens is 2. The molecule has 0 saturated carbocycles. The first-order valence-corrected chi connectivity index (χ1v) is 45.1. The Morgan fingerprint density at radius 2 is 0.907 bits per heavy atom. The number of sulfonamides is 2. The fourth-order valence-electron chi connectivity index (χ4n) is 12.9. The number of nitrogens with zero attached hydrogens (tertiary/aromatic N) is 6. The molecule has 0 aliphatic rings. The van der Waals surface area contributed by atoms with Gasteiger partial charge in [0.25, 0.3) is 11.8 Å². The molecular weight excluding hydrogens is 1780 g/mol. The highest BCUT2D eigenvalue weighted by molar-refractivity contribution is 7.94. The molecule has 51 heteroatoms. The zero-order valence-corrected chi connectivity index (χ0v) is 74.5. The van der Waals surface area contributed by atoms with Crippen LogP contribution in [0, 0.1) is 27.7 Å². The summed E-state index contributed by atoms with van der Waals surface area (Å²) in [6, 6.07) is 7.30. The minimum atomic E-state index is -4.51. The van der Waals surface area contributed by atoms with Crippen molar-refractivity contribution in [2.45, 2.75) is 159 Å². The number of hydrogen-bond donors (Lipinski definition) is 19. The molecule has 19 N–H and O–H groups in total. The van der Waals surface area contributed by atoms with Gasteiger partial charge in [0.1, 0.15) is 47.3 Å². The first-order chi connectivity index (χ1) is 61.5. The number of benzene rings is 4. The van der Waals surface area contributed by atoms with Gasteiger partial charge in [0.2, 0.25) is 55.5 Å². The molecule has 4 aromatic carbocycles. The van der Waals surface area contributed by atoms with E-state index in [2.05, 4.69) is 117 Å². The summed E-state index contributed by atoms with van der Waals surface area (Å²) in [4.78, 5) is 158. The van der Waals surface area contributed by atoms with Crippen LogP contribution in [0.25, 0.3) is 21.8 Å². The van der Waals surface area contributed by atoms with Gasteiger partial charge in [-0.2, -0.15) is 19.6 Å². The average molecular weight is 1880 g/mol. The van der Waals surface area contributed by atoms with Crippen LogP contribution in [0.4, 0.5) is 16.7 Å². The highest BCUT2D eigenvalue weighted by atomic mass is 32.2. The number of nitrogens with one attached hydrogen (secondary N) is 15. The predicted octanol–water partition coefficient (Wildman–Crippen LogP) is 2.66. The van der Waals surface area contributed by atoms with Crippen molar-refractivity contribution in [1.29, 1.82) is 0 Å². The number of hydrogen-bond acceptors (Lipinski definition) is 32. The van der Waals surface area contributed by atoms with Gasteiger partial charge < -0.3 is 92.9 Å². The van der Waals surface area contributed by atoms with Gasteiger partial charge in [-0.3, -0.25) is 57.3 Å². The maximum Gasteiger partial charge on any atom is 0.408 e. The summed E-state index contributed by atoms with van der Waals surface area (Å²) in [5.74, 6) is -7.94. The molecule has 0 unspecified atom stereocenters. The smallest absolute Gasteiger partial charge is 0.408 e. The van der Waals surface area contributed by atoms with E-state index in [9.17, 15) is 79.8 Å². The van der Waals surface area contributed by atoms with Gasteiger partial charge in [-0.15, -0.1) is 8.67 Å². The molecule has 4 heterocycles. The molecule has 8 aromatic rings. The third-order valence-corrected chi connectivity index (χ3v) is 23.5. The van der Waals surface area contributed by atoms with Crippen LogP contribution in [0.2, 0.25) is 0 Å². The molecule has 9 amide bonds. The van der Waals surface area contributed by atoms with Crippen molar-refractivity contribution in [2.24, 2.45) is 0 Å². The Morgan fingerprint density at radius 1 is 0.488 bits per heavy atom. The maximum absolute atomic E-state index is 14.0. The summed E-state index contributed by atoms with van der Waals surface area (Å²) in [5.41, 5.74) is 1.63. The molecule has 47 nitrogen and oxygen atoms in total. The number of carboxylic acids is 2. The van der Waals surface area contributed by atoms with Crippen LogP contribution in [-0.2, 0) is 95.0 Å². The van der Waals surface area contributed by atoms with E-state index < -0.39 is 153 Å². The number of anilines is 2. The lowest BCUT2D eigenvalue weighted by atomic mass is 10.1. The average Bonchev–Trinajstić information content (AvgIpc) is 1.64. The van der Waals surface area contributed by atoms with E-state index in [1.165, 1.54) is 72.7 Å². The van der Waals surface area contributed by atoms with Crippen LogP contribution in [0.15, 0.2) is 108 Å². The fraction of sp³-hybridized carbons (Fsp3) is 0.449. The Bertz CT molecular complexity index is 5340. The molecule has 702 valence electrons. The van der Waals surface area contributed by atoms with Crippen LogP contribution >= 0.6 is 24.1 Å². The number of aromatic nitrogens is 8. The summed E-state index contributed by atoms with van der Waals surface area (Å²) >= 11 is 0.782. The summed E-state index contributed by atoms with van der Waals surface area (Å²) in [6.07, 6.45) is 9.32. The largest absolute Gasteiger partial charge is 0.494 e. The monoisotopic (exact) mass is 1880 g/mol. The van der Waals surface area contributed by atoms with Crippen molar-refractivity contribution in [2.75, 3.05) is 87.7 Å². The predicted molar refractivity (Wildman–Crippen MR) is 465 cm³/mol. The molecule has 0 radical (unpaired) electrons. The van der Waals surface area contributed by atoms with Gasteiger partial charge in [0, 0.05) is 155 Å². The second-order valence-corrected chi connectivity index (χ2v) is 34.6. The lowest BCUT2D eigenvalue weighted by molar-refractivity contribution is -0.432. The van der Waals surface area contributed by atoms with Crippen molar-refractivity contribution in [3.05, 3.63) is 131 Å². The van der Waals surface area contributed by atoms with Crippen molar-refractivity contribution < 1.29 is 123 Å². The van der Waals surface area contributed by atoms with E-state index in [0.29, 0.717) is 79.4 Å². The van der Waals surface area contributed by atoms with Crippen molar-refractivity contribution in [1.82, 2.24) is 96.8 Å². The van der Waals surface area contributed by atoms with Crippen LogP contribution in [-0.4, -0.2) is 255 Å². The molecule has 129 heavy (non-hydrogen) atoms. The number of aromatic amines is 2. The van der Waals surface area contributed by atoms with Gasteiger partial charge in [-0.1, -0.05) is 10.1 Å². The molecule has 0 aliphatic heterocycles. The van der Waals surface area contributed by atoms with Crippen molar-refractivity contribution >= 4 is 143 Å². The minimum Gasteiger partial charge on any atom is -0.494 e. The Morgan fingerprint density at radius 3 is 1.30 bits per heavy atom. The number of rotatable bonds is 57. The van der Waals surface area contributed by atoms with E-state index in [-0.39, 0.29) is 125 Å². The summed E-state index contributed by atoms with van der Waals surface area (Å²) in [5, 5.41) is 84.0. The number of carbonyl (C=O) groups is 11. The highest BCUT2D eigenvalue weighted by Crippen LogP contribution is 2.29. The van der Waals surface area contributed by atoms with Gasteiger partial charge in [0.15, 0.2) is 11.9 Å². The number of carbonyl (C=O) groups excluding carboxylic acids is 9. The molecule has 0 aliphatic carbocycles. The highest BCUT2D eigenvalue weighted by Gasteiger charge is 2.34. The number of aryl methyl sites for hydroxylation is 6. The normalized spacial score (nSPS) is 12.8. The topological polar surface area (TPSA) is 651 Å². The summed E-state index contributed by atoms with van der Waals surface area (Å²) in [7, 11) is -9.02. The lowest BCUT2D eigenvalue weighted by Crippen LogP contribution is -2.56. The van der Waals surface area contributed by atoms with E-state index >= 15 is 0 Å². The fourth-order valence-corrected chi connectivity index (χ4v) is 17.1. The number of ether oxygens (including phenoxy) is 3. The SMILES string of the molecule is Cc1cc(OCCCC(=O)NCCNC(=O)[C@H](CSOOO)NC(=O)CC[C@H](NC(=O)OC(C)(C)C)C(=O)N[C@@H](CSOOO)C(=O)NCCNC(=O)CCCOc2cc(C)c(S(=O)(=O)N[C@@H](CNC(=O)c3ccc4c(cnn4CCCNc4ncc[nH]4)c3)C(=O)O)c(C)c2)cc(C)c1S(=O)(=O)N[C@@H](CNC(=O)c1ccc2c(cnn2CCCNc2ncc[nH]2)c1)C(=O)O. The van der Waals surface area contributed by atoms with Crippen LogP contribution in [0.5, 0.6) is 11.5 Å². The van der Waals surface area contributed by atoms with Gasteiger partial charge in [0.05, 0.1) is 57.9 Å². The van der Waals surface area contributed by atoms with Gasteiger partial charge in [-0.05, 0) is 163 Å². The molecule has 4 aromatic heterocycles. The number of carboxylic acid groups (broad SMARTS) is 2. The molecule has 0 fully saturated rings. The summed E-state index contributed by atoms with van der Waals surface area (Å²) < 4.78 is 88.8. The Kier molecular flexibility index (Phi) is 39.9. The Hall–Kier alpha value is -12.3. The lowest BCUT2D eigenvalue weighted by Gasteiger charge is -2.25. The zero-order chi connectivity index (χ0) is 93.8. The number of aliphatic carboxylic acids is 2.